The summed E-state index contributed by atoms with van der Waals surface area (Å²) >= 11 is 0. The van der Waals surface area contributed by atoms with E-state index in [-0.39, 0.29) is 11.9 Å². The van der Waals surface area contributed by atoms with Crippen molar-refractivity contribution in [3.05, 3.63) is 18.2 Å². The summed E-state index contributed by atoms with van der Waals surface area (Å²) in [5.74, 6) is -0.145. The molecule has 1 aliphatic rings. The maximum atomic E-state index is 11.6. The molecule has 0 bridgehead atoms. The molecule has 1 unspecified atom stereocenters. The number of nitrogens with zero attached hydrogens (tertiary/aromatic N) is 2. The fourth-order valence-electron chi connectivity index (χ4n) is 1.59. The summed E-state index contributed by atoms with van der Waals surface area (Å²) in [7, 11) is 1.83. The van der Waals surface area contributed by atoms with Crippen LogP contribution in [0.5, 0.6) is 0 Å². The summed E-state index contributed by atoms with van der Waals surface area (Å²) in [6.07, 6.45) is 3.30. The van der Waals surface area contributed by atoms with Crippen molar-refractivity contribution >= 4 is 5.91 Å². The molecule has 6 nitrogen and oxygen atoms in total. The second kappa shape index (κ2) is 5.09. The zero-order valence-electron chi connectivity index (χ0n) is 9.27. The van der Waals surface area contributed by atoms with Gasteiger partial charge in [0.05, 0.1) is 19.5 Å². The molecule has 6 heteroatoms. The van der Waals surface area contributed by atoms with Gasteiger partial charge in [0.2, 0.25) is 0 Å². The highest BCUT2D eigenvalue weighted by Gasteiger charge is 2.15. The number of hydrogen-bond donors (Lipinski definition) is 2. The van der Waals surface area contributed by atoms with Crippen LogP contribution in [0.3, 0.4) is 0 Å². The van der Waals surface area contributed by atoms with Gasteiger partial charge in [0.25, 0.3) is 5.91 Å². The van der Waals surface area contributed by atoms with Gasteiger partial charge in [-0.05, 0) is 0 Å². The van der Waals surface area contributed by atoms with Gasteiger partial charge in [-0.2, -0.15) is 0 Å². The number of ether oxygens (including phenoxy) is 1. The van der Waals surface area contributed by atoms with Gasteiger partial charge in [0.1, 0.15) is 5.69 Å². The smallest absolute Gasteiger partial charge is 0.271 e. The van der Waals surface area contributed by atoms with Crippen molar-refractivity contribution in [2.45, 2.75) is 6.04 Å². The molecule has 88 valence electrons. The van der Waals surface area contributed by atoms with Crippen molar-refractivity contribution < 1.29 is 9.53 Å². The van der Waals surface area contributed by atoms with Crippen LogP contribution >= 0.6 is 0 Å². The van der Waals surface area contributed by atoms with Crippen molar-refractivity contribution in [2.75, 3.05) is 26.3 Å². The molecule has 1 aromatic heterocycles. The number of nitrogens with one attached hydrogen (secondary N) is 2. The van der Waals surface area contributed by atoms with Crippen LogP contribution in [0.2, 0.25) is 0 Å². The van der Waals surface area contributed by atoms with Crippen LogP contribution in [0.4, 0.5) is 0 Å². The Morgan fingerprint density at radius 3 is 3.31 bits per heavy atom. The van der Waals surface area contributed by atoms with E-state index in [4.69, 9.17) is 4.74 Å². The molecule has 0 spiro atoms. The first-order valence-electron chi connectivity index (χ1n) is 5.33. The number of amides is 1. The molecule has 1 atom stereocenters. The van der Waals surface area contributed by atoms with Crippen LogP contribution in [0.1, 0.15) is 10.5 Å². The van der Waals surface area contributed by atoms with E-state index in [0.717, 1.165) is 13.2 Å². The number of morpholine rings is 1. The van der Waals surface area contributed by atoms with Gasteiger partial charge in [0.15, 0.2) is 0 Å². The largest absolute Gasteiger partial charge is 0.378 e. The third kappa shape index (κ3) is 2.80. The highest BCUT2D eigenvalue weighted by atomic mass is 16.5. The van der Waals surface area contributed by atoms with Gasteiger partial charge >= 0.3 is 0 Å². The van der Waals surface area contributed by atoms with Crippen molar-refractivity contribution in [1.29, 1.82) is 0 Å². The van der Waals surface area contributed by atoms with Gasteiger partial charge in [0, 0.05) is 32.4 Å². The van der Waals surface area contributed by atoms with Crippen molar-refractivity contribution in [1.82, 2.24) is 20.2 Å². The van der Waals surface area contributed by atoms with Crippen LogP contribution in [-0.4, -0.2) is 47.8 Å². The zero-order chi connectivity index (χ0) is 11.4. The number of rotatable bonds is 3. The number of carbonyl (C=O) groups excluding carboxylic acids is 1. The van der Waals surface area contributed by atoms with Crippen LogP contribution in [-0.2, 0) is 11.8 Å². The fraction of sp³-hybridized carbons (Fsp3) is 0.600. The lowest BCUT2D eigenvalue weighted by atomic mass is 10.2. The quantitative estimate of drug-likeness (QED) is 0.701. The molecular formula is C10H16N4O2. The third-order valence-electron chi connectivity index (χ3n) is 2.44. The number of hydrogen-bond acceptors (Lipinski definition) is 4. The Bertz CT molecular complexity index is 357. The van der Waals surface area contributed by atoms with Crippen LogP contribution < -0.4 is 10.6 Å². The van der Waals surface area contributed by atoms with E-state index in [1.807, 2.05) is 7.05 Å². The Balaban J connectivity index is 1.79. The van der Waals surface area contributed by atoms with Gasteiger partial charge in [-0.1, -0.05) is 0 Å². The average Bonchev–Trinajstić information content (AvgIpc) is 2.74. The highest BCUT2D eigenvalue weighted by molar-refractivity contribution is 5.92. The summed E-state index contributed by atoms with van der Waals surface area (Å²) in [5.41, 5.74) is 0.444. The van der Waals surface area contributed by atoms with Gasteiger partial charge in [-0.3, -0.25) is 4.79 Å². The van der Waals surface area contributed by atoms with E-state index < -0.39 is 0 Å². The molecule has 0 aliphatic carbocycles. The average molecular weight is 224 g/mol. The Morgan fingerprint density at radius 1 is 1.81 bits per heavy atom. The molecular weight excluding hydrogens is 208 g/mol. The molecule has 1 amide bonds. The minimum atomic E-state index is -0.145. The summed E-state index contributed by atoms with van der Waals surface area (Å²) in [5, 5.41) is 6.09. The van der Waals surface area contributed by atoms with Gasteiger partial charge in [-0.15, -0.1) is 0 Å². The Hall–Kier alpha value is -1.40. The van der Waals surface area contributed by atoms with Crippen LogP contribution in [0.15, 0.2) is 12.5 Å². The van der Waals surface area contributed by atoms with E-state index in [2.05, 4.69) is 15.6 Å². The predicted molar refractivity (Wildman–Crippen MR) is 58.2 cm³/mol. The van der Waals surface area contributed by atoms with Gasteiger partial charge in [-0.25, -0.2) is 4.98 Å². The number of imidazole rings is 1. The topological polar surface area (TPSA) is 68.2 Å². The molecule has 2 rings (SSSR count). The molecule has 0 saturated carbocycles. The maximum absolute atomic E-state index is 11.6. The predicted octanol–water partition coefficient (Wildman–Crippen LogP) is -0.862. The first kappa shape index (κ1) is 11.1. The Morgan fingerprint density at radius 2 is 2.69 bits per heavy atom. The van der Waals surface area contributed by atoms with Crippen molar-refractivity contribution in [2.24, 2.45) is 7.05 Å². The monoisotopic (exact) mass is 224 g/mol. The maximum Gasteiger partial charge on any atom is 0.271 e. The standard InChI is InChI=1S/C10H16N4O2/c1-14-5-9(13-7-14)10(15)12-4-8-6-16-3-2-11-8/h5,7-8,11H,2-4,6H2,1H3,(H,12,15). The SMILES string of the molecule is Cn1cnc(C(=O)NCC2COCCN2)c1. The third-order valence-corrected chi connectivity index (χ3v) is 2.44. The van der Waals surface area contributed by atoms with Crippen molar-refractivity contribution in [3.63, 3.8) is 0 Å². The molecule has 0 radical (unpaired) electrons. The fourth-order valence-corrected chi connectivity index (χ4v) is 1.59. The second-order valence-electron chi connectivity index (χ2n) is 3.86. The molecule has 1 aliphatic heterocycles. The zero-order valence-corrected chi connectivity index (χ0v) is 9.27. The lowest BCUT2D eigenvalue weighted by Crippen LogP contribution is -2.48. The first-order chi connectivity index (χ1) is 7.75. The molecule has 1 saturated heterocycles. The molecule has 1 aromatic rings. The Labute approximate surface area is 94.0 Å². The summed E-state index contributed by atoms with van der Waals surface area (Å²) in [4.78, 5) is 15.6. The molecule has 2 heterocycles. The molecule has 2 N–H and O–H groups in total. The van der Waals surface area contributed by atoms with E-state index in [9.17, 15) is 4.79 Å². The normalized spacial score (nSPS) is 20.7. The lowest BCUT2D eigenvalue weighted by Gasteiger charge is -2.23. The van der Waals surface area contributed by atoms with Crippen LogP contribution in [0, 0.1) is 0 Å². The van der Waals surface area contributed by atoms with Crippen molar-refractivity contribution in [3.8, 4) is 0 Å². The lowest BCUT2D eigenvalue weighted by molar-refractivity contribution is 0.0733. The first-order valence-corrected chi connectivity index (χ1v) is 5.33. The number of aryl methyl sites for hydroxylation is 1. The summed E-state index contributed by atoms with van der Waals surface area (Å²) in [6, 6.07) is 0.196. The second-order valence-corrected chi connectivity index (χ2v) is 3.86. The summed E-state index contributed by atoms with van der Waals surface area (Å²) < 4.78 is 7.04. The Kier molecular flexibility index (Phi) is 3.53. The van der Waals surface area contributed by atoms with E-state index in [1.54, 1.807) is 17.1 Å². The minimum Gasteiger partial charge on any atom is -0.378 e. The summed E-state index contributed by atoms with van der Waals surface area (Å²) in [6.45, 7) is 2.78. The molecule has 16 heavy (non-hydrogen) atoms. The van der Waals surface area contributed by atoms with Crippen LogP contribution in [0.25, 0.3) is 0 Å². The minimum absolute atomic E-state index is 0.145. The molecule has 0 aromatic carbocycles. The van der Waals surface area contributed by atoms with Gasteiger partial charge < -0.3 is 19.9 Å². The molecule has 1 fully saturated rings. The number of carbonyl (C=O) groups is 1. The highest BCUT2D eigenvalue weighted by Crippen LogP contribution is 1.95. The van der Waals surface area contributed by atoms with E-state index >= 15 is 0 Å². The number of aromatic nitrogens is 2. The van der Waals surface area contributed by atoms with E-state index in [1.165, 1.54) is 0 Å². The van der Waals surface area contributed by atoms with E-state index in [0.29, 0.717) is 18.8 Å².